The molecule has 134 valence electrons. The Morgan fingerprint density at radius 2 is 1.92 bits per heavy atom. The van der Waals surface area contributed by atoms with Gasteiger partial charge in [0.05, 0.1) is 6.10 Å². The Bertz CT molecular complexity index is 535. The molecule has 5 atom stereocenters. The van der Waals surface area contributed by atoms with E-state index in [1.54, 1.807) is 0 Å². The van der Waals surface area contributed by atoms with Crippen molar-refractivity contribution >= 4 is 0 Å². The number of hydrogen-bond acceptors (Lipinski definition) is 2. The average Bonchev–Trinajstić information content (AvgIpc) is 2.66. The molecule has 0 aromatic heterocycles. The van der Waals surface area contributed by atoms with Gasteiger partial charge < -0.3 is 5.11 Å². The van der Waals surface area contributed by atoms with E-state index >= 15 is 0 Å². The van der Waals surface area contributed by atoms with E-state index in [1.165, 1.54) is 31.2 Å². The number of aliphatic hydroxyl groups is 1. The molecule has 2 saturated heterocycles. The number of nitrogens with zero attached hydrogens (tertiary/aromatic N) is 1. The molecule has 2 fully saturated rings. The van der Waals surface area contributed by atoms with Crippen LogP contribution in [0.25, 0.3) is 0 Å². The van der Waals surface area contributed by atoms with Gasteiger partial charge in [0.15, 0.2) is 0 Å². The van der Waals surface area contributed by atoms with Gasteiger partial charge in [0.25, 0.3) is 0 Å². The van der Waals surface area contributed by atoms with Crippen LogP contribution in [0.5, 0.6) is 0 Å². The SMILES string of the molecule is CC[C@H](O)[C@@H]1N2CCC[C@]1(c1ccccc1)C[C@@H](C(C)(C)C)CC2. The highest BCUT2D eigenvalue weighted by molar-refractivity contribution is 5.30. The van der Waals surface area contributed by atoms with Crippen LogP contribution in [0, 0.1) is 11.3 Å². The van der Waals surface area contributed by atoms with E-state index in [2.05, 4.69) is 62.9 Å². The molecule has 1 N–H and O–H groups in total. The first-order valence-electron chi connectivity index (χ1n) is 9.86. The second-order valence-corrected chi connectivity index (χ2v) is 9.14. The van der Waals surface area contributed by atoms with Crippen LogP contribution in [-0.4, -0.2) is 35.2 Å². The highest BCUT2D eigenvalue weighted by atomic mass is 16.3. The van der Waals surface area contributed by atoms with Gasteiger partial charge in [-0.25, -0.2) is 0 Å². The molecule has 2 aliphatic heterocycles. The minimum atomic E-state index is -0.232. The highest BCUT2D eigenvalue weighted by Crippen LogP contribution is 2.51. The monoisotopic (exact) mass is 329 g/mol. The van der Waals surface area contributed by atoms with Gasteiger partial charge in [-0.3, -0.25) is 4.90 Å². The van der Waals surface area contributed by atoms with Gasteiger partial charge in [0.1, 0.15) is 0 Å². The van der Waals surface area contributed by atoms with Crippen molar-refractivity contribution in [1.29, 1.82) is 0 Å². The van der Waals surface area contributed by atoms with Crippen LogP contribution in [0.2, 0.25) is 0 Å². The fourth-order valence-corrected chi connectivity index (χ4v) is 5.35. The third kappa shape index (κ3) is 3.15. The smallest absolute Gasteiger partial charge is 0.0701 e. The van der Waals surface area contributed by atoms with Gasteiger partial charge in [0.2, 0.25) is 0 Å². The molecular weight excluding hydrogens is 294 g/mol. The maximum absolute atomic E-state index is 11.0. The third-order valence-corrected chi connectivity index (χ3v) is 6.76. The molecule has 2 heteroatoms. The molecule has 1 unspecified atom stereocenters. The molecule has 0 spiro atoms. The zero-order valence-corrected chi connectivity index (χ0v) is 16.0. The zero-order chi connectivity index (χ0) is 17.4. The Balaban J connectivity index is 2.10. The summed E-state index contributed by atoms with van der Waals surface area (Å²) in [6, 6.07) is 11.4. The lowest BCUT2D eigenvalue weighted by molar-refractivity contribution is -0.0231. The minimum absolute atomic E-state index is 0.101. The molecule has 2 nitrogen and oxygen atoms in total. The van der Waals surface area contributed by atoms with Crippen molar-refractivity contribution in [2.75, 3.05) is 13.1 Å². The molecule has 2 bridgehead atoms. The van der Waals surface area contributed by atoms with Crippen molar-refractivity contribution in [3.8, 4) is 0 Å². The number of hydrogen-bond donors (Lipinski definition) is 1. The van der Waals surface area contributed by atoms with E-state index < -0.39 is 0 Å². The molecule has 0 saturated carbocycles. The summed E-state index contributed by atoms with van der Waals surface area (Å²) in [7, 11) is 0. The standard InChI is InChI=1S/C22H35NO/c1-5-19(24)20-22(17-10-7-6-8-11-17)13-9-14-23(20)15-12-18(16-22)21(2,3)4/h6-8,10-11,18-20,24H,5,9,12-16H2,1-4H3/t18-,19-,20-,22+/m0/s1. The lowest BCUT2D eigenvalue weighted by atomic mass is 9.60. The summed E-state index contributed by atoms with van der Waals surface area (Å²) < 4.78 is 0. The Morgan fingerprint density at radius 1 is 1.21 bits per heavy atom. The number of benzene rings is 1. The van der Waals surface area contributed by atoms with Gasteiger partial charge in [-0.15, -0.1) is 0 Å². The number of aliphatic hydroxyl groups excluding tert-OH is 1. The number of fused-ring (bicyclic) bond motifs is 2. The summed E-state index contributed by atoms with van der Waals surface area (Å²) in [4.78, 5) is 2.62. The second kappa shape index (κ2) is 6.80. The van der Waals surface area contributed by atoms with E-state index in [9.17, 15) is 5.11 Å². The number of rotatable bonds is 3. The Kier molecular flexibility index (Phi) is 5.09. The van der Waals surface area contributed by atoms with Gasteiger partial charge in [-0.05, 0) is 62.1 Å². The van der Waals surface area contributed by atoms with Crippen molar-refractivity contribution in [2.45, 2.75) is 77.4 Å². The van der Waals surface area contributed by atoms with Crippen LogP contribution in [-0.2, 0) is 5.41 Å². The summed E-state index contributed by atoms with van der Waals surface area (Å²) in [5.41, 5.74) is 1.87. The van der Waals surface area contributed by atoms with Crippen LogP contribution in [0.1, 0.15) is 65.4 Å². The van der Waals surface area contributed by atoms with Crippen LogP contribution in [0.15, 0.2) is 30.3 Å². The first-order chi connectivity index (χ1) is 11.4. The second-order valence-electron chi connectivity index (χ2n) is 9.14. The molecule has 0 aliphatic carbocycles. The van der Waals surface area contributed by atoms with E-state index in [-0.39, 0.29) is 17.6 Å². The van der Waals surface area contributed by atoms with Crippen LogP contribution in [0.3, 0.4) is 0 Å². The number of piperidine rings is 1. The molecule has 1 aromatic rings. The van der Waals surface area contributed by atoms with Crippen molar-refractivity contribution in [3.63, 3.8) is 0 Å². The van der Waals surface area contributed by atoms with Crippen LogP contribution in [0.4, 0.5) is 0 Å². The fraction of sp³-hybridized carbons (Fsp3) is 0.727. The van der Waals surface area contributed by atoms with Crippen molar-refractivity contribution in [2.24, 2.45) is 11.3 Å². The molecule has 2 aliphatic rings. The summed E-state index contributed by atoms with van der Waals surface area (Å²) in [5, 5.41) is 11.0. The van der Waals surface area contributed by atoms with Crippen molar-refractivity contribution < 1.29 is 5.11 Å². The summed E-state index contributed by atoms with van der Waals surface area (Å²) in [5.74, 6) is 0.701. The molecule has 0 amide bonds. The Hall–Kier alpha value is -0.860. The first kappa shape index (κ1) is 17.9. The van der Waals surface area contributed by atoms with Crippen LogP contribution >= 0.6 is 0 Å². The summed E-state index contributed by atoms with van der Waals surface area (Å²) in [6.07, 6.45) is 5.53. The molecule has 1 aromatic carbocycles. The topological polar surface area (TPSA) is 23.5 Å². The average molecular weight is 330 g/mol. The van der Waals surface area contributed by atoms with Gasteiger partial charge in [-0.2, -0.15) is 0 Å². The molecule has 0 radical (unpaired) electrons. The van der Waals surface area contributed by atoms with E-state index in [0.29, 0.717) is 11.3 Å². The maximum Gasteiger partial charge on any atom is 0.0701 e. The minimum Gasteiger partial charge on any atom is -0.391 e. The van der Waals surface area contributed by atoms with Crippen LogP contribution < -0.4 is 0 Å². The zero-order valence-electron chi connectivity index (χ0n) is 16.0. The third-order valence-electron chi connectivity index (χ3n) is 6.76. The normalized spacial score (nSPS) is 35.3. The molecule has 2 heterocycles. The summed E-state index contributed by atoms with van der Waals surface area (Å²) in [6.45, 7) is 11.6. The Labute approximate surface area is 148 Å². The molecular formula is C22H35NO. The van der Waals surface area contributed by atoms with E-state index in [4.69, 9.17) is 0 Å². The molecule has 24 heavy (non-hydrogen) atoms. The maximum atomic E-state index is 11.0. The van der Waals surface area contributed by atoms with Crippen molar-refractivity contribution in [3.05, 3.63) is 35.9 Å². The highest BCUT2D eigenvalue weighted by Gasteiger charge is 2.52. The fourth-order valence-electron chi connectivity index (χ4n) is 5.35. The predicted octanol–water partition coefficient (Wildman–Crippen LogP) is 4.62. The quantitative estimate of drug-likeness (QED) is 0.875. The first-order valence-corrected chi connectivity index (χ1v) is 9.86. The van der Waals surface area contributed by atoms with Gasteiger partial charge >= 0.3 is 0 Å². The van der Waals surface area contributed by atoms with E-state index in [0.717, 1.165) is 19.5 Å². The van der Waals surface area contributed by atoms with Gasteiger partial charge in [0, 0.05) is 11.5 Å². The Morgan fingerprint density at radius 3 is 2.54 bits per heavy atom. The lowest BCUT2D eigenvalue weighted by Crippen LogP contribution is -2.59. The predicted molar refractivity (Wildman–Crippen MR) is 101 cm³/mol. The summed E-state index contributed by atoms with van der Waals surface area (Å²) >= 11 is 0. The van der Waals surface area contributed by atoms with Crippen molar-refractivity contribution in [1.82, 2.24) is 4.90 Å². The lowest BCUT2D eigenvalue weighted by Gasteiger charge is -2.52. The van der Waals surface area contributed by atoms with E-state index in [1.807, 2.05) is 0 Å². The largest absolute Gasteiger partial charge is 0.391 e. The molecule has 3 rings (SSSR count). The van der Waals surface area contributed by atoms with Gasteiger partial charge in [-0.1, -0.05) is 58.0 Å².